The molecule has 1 aliphatic rings. The summed E-state index contributed by atoms with van der Waals surface area (Å²) in [6.45, 7) is 1.31. The van der Waals surface area contributed by atoms with E-state index in [1.54, 1.807) is 37.3 Å². The molecule has 0 spiro atoms. The quantitative estimate of drug-likeness (QED) is 0.378. The lowest BCUT2D eigenvalue weighted by Crippen LogP contribution is -2.34. The first-order valence-corrected chi connectivity index (χ1v) is 9.98. The summed E-state index contributed by atoms with van der Waals surface area (Å²) in [5, 5.41) is 18.1. The Morgan fingerprint density at radius 1 is 1.23 bits per heavy atom. The Balaban J connectivity index is 1.82. The van der Waals surface area contributed by atoms with Crippen LogP contribution in [0, 0.1) is 0 Å². The van der Waals surface area contributed by atoms with Gasteiger partial charge in [-0.15, -0.1) is 5.11 Å². The molecule has 1 heterocycles. The minimum absolute atomic E-state index is 0.0693. The number of hydrogen-bond donors (Lipinski definition) is 1. The number of nitrogens with zero attached hydrogens (tertiary/aromatic N) is 3. The summed E-state index contributed by atoms with van der Waals surface area (Å²) >= 11 is 6.72. The molecule has 0 radical (unpaired) electrons. The van der Waals surface area contributed by atoms with Gasteiger partial charge in [-0.05, 0) is 55.1 Å². The molecule has 0 bridgehead atoms. The van der Waals surface area contributed by atoms with Gasteiger partial charge in [-0.3, -0.25) is 19.3 Å². The molecule has 154 valence electrons. The number of carbonyl (C=O) groups excluding carboxylic acids is 3. The Bertz CT molecular complexity index is 1070. The van der Waals surface area contributed by atoms with Crippen molar-refractivity contribution in [3.05, 3.63) is 58.0 Å². The van der Waals surface area contributed by atoms with E-state index in [4.69, 9.17) is 16.3 Å². The molecule has 0 unspecified atom stereocenters. The summed E-state index contributed by atoms with van der Waals surface area (Å²) in [7, 11) is 0. The first kappa shape index (κ1) is 21.5. The molecule has 1 fully saturated rings. The van der Waals surface area contributed by atoms with Gasteiger partial charge in [0.15, 0.2) is 0 Å². The fourth-order valence-corrected chi connectivity index (χ4v) is 3.48. The number of amides is 2. The summed E-state index contributed by atoms with van der Waals surface area (Å²) in [5.41, 5.74) is 1.16. The lowest BCUT2D eigenvalue weighted by atomic mass is 10.1. The fraction of sp³-hybridized carbons (Fsp3) is 0.150. The number of halogens is 1. The number of hydrogen-bond acceptors (Lipinski definition) is 8. The monoisotopic (exact) mass is 445 g/mol. The van der Waals surface area contributed by atoms with Crippen molar-refractivity contribution in [2.75, 3.05) is 13.2 Å². The minimum Gasteiger partial charge on any atom is -0.507 e. The number of phenols is 1. The van der Waals surface area contributed by atoms with E-state index in [0.717, 1.165) is 4.90 Å². The van der Waals surface area contributed by atoms with Crippen LogP contribution < -0.4 is 0 Å². The van der Waals surface area contributed by atoms with Gasteiger partial charge in [-0.2, -0.15) is 5.11 Å². The minimum atomic E-state index is -0.675. The van der Waals surface area contributed by atoms with Gasteiger partial charge in [0.1, 0.15) is 18.0 Å². The molecule has 2 aromatic carbocycles. The molecule has 1 saturated heterocycles. The summed E-state index contributed by atoms with van der Waals surface area (Å²) in [4.78, 5) is 37.0. The number of imide groups is 1. The van der Waals surface area contributed by atoms with Gasteiger partial charge in [-0.1, -0.05) is 23.7 Å². The van der Waals surface area contributed by atoms with Gasteiger partial charge in [0.25, 0.3) is 11.1 Å². The highest BCUT2D eigenvalue weighted by molar-refractivity contribution is 8.18. The topological polar surface area (TPSA) is 109 Å². The molecular formula is C20H16ClN3O5S. The van der Waals surface area contributed by atoms with Crippen molar-refractivity contribution >= 4 is 57.9 Å². The predicted octanol–water partition coefficient (Wildman–Crippen LogP) is 5.06. The standard InChI is InChI=1S/C20H16ClN3O5S/c1-2-29-18(26)11-24-19(27)17(30-20(24)28)10-12-9-13(7-8-16(12)25)22-23-15-6-4-3-5-14(15)21/h3-10,25H,2,11H2,1H3/b17-10-,23-22?. The average Bonchev–Trinajstić information content (AvgIpc) is 2.97. The first-order valence-electron chi connectivity index (χ1n) is 8.79. The van der Waals surface area contributed by atoms with Crippen LogP contribution >= 0.6 is 23.4 Å². The summed E-state index contributed by atoms with van der Waals surface area (Å²) in [6.07, 6.45) is 1.36. The largest absolute Gasteiger partial charge is 0.507 e. The average molecular weight is 446 g/mol. The van der Waals surface area contributed by atoms with Crippen LogP contribution in [0.5, 0.6) is 5.75 Å². The van der Waals surface area contributed by atoms with Crippen molar-refractivity contribution in [2.24, 2.45) is 10.2 Å². The van der Waals surface area contributed by atoms with Crippen LogP contribution in [0.4, 0.5) is 16.2 Å². The molecule has 2 aromatic rings. The molecular weight excluding hydrogens is 430 g/mol. The number of azo groups is 1. The highest BCUT2D eigenvalue weighted by Gasteiger charge is 2.36. The zero-order valence-corrected chi connectivity index (χ0v) is 17.3. The van der Waals surface area contributed by atoms with Gasteiger partial charge in [0, 0.05) is 5.56 Å². The molecule has 0 atom stereocenters. The Hall–Kier alpha value is -3.17. The molecule has 1 aliphatic heterocycles. The lowest BCUT2D eigenvalue weighted by Gasteiger charge is -2.10. The van der Waals surface area contributed by atoms with Crippen LogP contribution in [-0.2, 0) is 14.3 Å². The van der Waals surface area contributed by atoms with Crippen molar-refractivity contribution in [2.45, 2.75) is 6.92 Å². The smallest absolute Gasteiger partial charge is 0.326 e. The van der Waals surface area contributed by atoms with E-state index in [0.29, 0.717) is 28.2 Å². The van der Waals surface area contributed by atoms with Gasteiger partial charge in [-0.25, -0.2) is 0 Å². The van der Waals surface area contributed by atoms with Crippen LogP contribution in [0.3, 0.4) is 0 Å². The van der Waals surface area contributed by atoms with Crippen LogP contribution in [0.2, 0.25) is 5.02 Å². The van der Waals surface area contributed by atoms with Crippen molar-refractivity contribution in [1.82, 2.24) is 4.90 Å². The van der Waals surface area contributed by atoms with E-state index in [1.165, 1.54) is 18.2 Å². The fourth-order valence-electron chi connectivity index (χ4n) is 2.48. The maximum Gasteiger partial charge on any atom is 0.326 e. The Morgan fingerprint density at radius 2 is 2.00 bits per heavy atom. The third kappa shape index (κ3) is 5.05. The first-order chi connectivity index (χ1) is 14.4. The number of phenolic OH excluding ortho intramolecular Hbond substituents is 1. The molecule has 1 N–H and O–H groups in total. The third-order valence-electron chi connectivity index (χ3n) is 3.89. The molecule has 3 rings (SSSR count). The van der Waals surface area contributed by atoms with Crippen molar-refractivity contribution in [1.29, 1.82) is 0 Å². The number of aromatic hydroxyl groups is 1. The third-order valence-corrected chi connectivity index (χ3v) is 5.12. The lowest BCUT2D eigenvalue weighted by molar-refractivity contribution is -0.145. The molecule has 0 saturated carbocycles. The highest BCUT2D eigenvalue weighted by Crippen LogP contribution is 2.35. The molecule has 30 heavy (non-hydrogen) atoms. The number of esters is 1. The van der Waals surface area contributed by atoms with E-state index in [9.17, 15) is 19.5 Å². The van der Waals surface area contributed by atoms with E-state index in [1.807, 2.05) is 0 Å². The Morgan fingerprint density at radius 3 is 2.73 bits per heavy atom. The van der Waals surface area contributed by atoms with Crippen LogP contribution in [0.25, 0.3) is 6.08 Å². The maximum atomic E-state index is 12.5. The Kier molecular flexibility index (Phi) is 6.86. The van der Waals surface area contributed by atoms with E-state index in [-0.39, 0.29) is 22.8 Å². The predicted molar refractivity (Wildman–Crippen MR) is 113 cm³/mol. The number of ether oxygens (including phenoxy) is 1. The highest BCUT2D eigenvalue weighted by atomic mass is 35.5. The second kappa shape index (κ2) is 9.55. The number of carbonyl (C=O) groups is 3. The Labute approximate surface area is 181 Å². The normalized spacial score (nSPS) is 15.4. The second-order valence-electron chi connectivity index (χ2n) is 5.97. The molecule has 10 heteroatoms. The number of thioether (sulfide) groups is 1. The molecule has 0 aliphatic carbocycles. The van der Waals surface area contributed by atoms with Crippen molar-refractivity contribution < 1.29 is 24.2 Å². The second-order valence-corrected chi connectivity index (χ2v) is 7.37. The van der Waals surface area contributed by atoms with Crippen LogP contribution in [0.1, 0.15) is 12.5 Å². The molecule has 0 aromatic heterocycles. The maximum absolute atomic E-state index is 12.5. The number of rotatable bonds is 6. The van der Waals surface area contributed by atoms with Gasteiger partial charge in [0.2, 0.25) is 0 Å². The van der Waals surface area contributed by atoms with Gasteiger partial charge >= 0.3 is 5.97 Å². The zero-order chi connectivity index (χ0) is 21.7. The van der Waals surface area contributed by atoms with Crippen molar-refractivity contribution in [3.8, 4) is 5.75 Å². The molecule has 2 amide bonds. The van der Waals surface area contributed by atoms with E-state index in [2.05, 4.69) is 10.2 Å². The summed E-state index contributed by atoms with van der Waals surface area (Å²) < 4.78 is 4.77. The van der Waals surface area contributed by atoms with Crippen LogP contribution in [0.15, 0.2) is 57.6 Å². The van der Waals surface area contributed by atoms with E-state index < -0.39 is 23.7 Å². The van der Waals surface area contributed by atoms with Gasteiger partial charge in [0.05, 0.1) is 22.2 Å². The summed E-state index contributed by atoms with van der Waals surface area (Å²) in [6, 6.07) is 11.4. The van der Waals surface area contributed by atoms with Crippen LogP contribution in [-0.4, -0.2) is 40.3 Å². The van der Waals surface area contributed by atoms with Crippen molar-refractivity contribution in [3.63, 3.8) is 0 Å². The summed E-state index contributed by atoms with van der Waals surface area (Å²) in [5.74, 6) is -1.42. The van der Waals surface area contributed by atoms with Gasteiger partial charge < -0.3 is 9.84 Å². The zero-order valence-electron chi connectivity index (χ0n) is 15.7. The number of benzene rings is 2. The SMILES string of the molecule is CCOC(=O)CN1C(=O)S/C(=C\c2cc(N=Nc3ccccc3Cl)ccc2O)C1=O. The van der Waals surface area contributed by atoms with E-state index >= 15 is 0 Å². The molecule has 8 nitrogen and oxygen atoms in total.